The molecule has 0 fully saturated rings. The maximum absolute atomic E-state index is 12.1. The molecule has 0 aromatic heterocycles. The molecule has 28 heavy (non-hydrogen) atoms. The fourth-order valence-corrected chi connectivity index (χ4v) is 2.00. The predicted octanol–water partition coefficient (Wildman–Crippen LogP) is 3.79. The number of carbonyl (C=O) groups is 2. The third-order valence-electron chi connectivity index (χ3n) is 3.24. The van der Waals surface area contributed by atoms with Crippen LogP contribution in [-0.4, -0.2) is 32.0 Å². The van der Waals surface area contributed by atoms with Crippen LogP contribution in [0.5, 0.6) is 11.5 Å². The van der Waals surface area contributed by atoms with Crippen molar-refractivity contribution in [1.82, 2.24) is 0 Å². The largest absolute Gasteiger partial charge is 0.573 e. The van der Waals surface area contributed by atoms with Gasteiger partial charge in [-0.2, -0.15) is 0 Å². The number of ether oxygens (including phenoxy) is 3. The van der Waals surface area contributed by atoms with E-state index in [0.717, 1.165) is 18.2 Å². The molecule has 0 aliphatic carbocycles. The topological polar surface area (TPSA) is 73.9 Å². The van der Waals surface area contributed by atoms with Crippen molar-refractivity contribution in [3.63, 3.8) is 0 Å². The van der Waals surface area contributed by atoms with Crippen LogP contribution >= 0.6 is 0 Å². The lowest BCUT2D eigenvalue weighted by Crippen LogP contribution is -2.20. The summed E-state index contributed by atoms with van der Waals surface area (Å²) in [6, 6.07) is 11.5. The molecule has 0 atom stereocenters. The van der Waals surface area contributed by atoms with E-state index in [4.69, 9.17) is 9.47 Å². The summed E-state index contributed by atoms with van der Waals surface area (Å²) in [4.78, 5) is 23.4. The summed E-state index contributed by atoms with van der Waals surface area (Å²) < 4.78 is 49.8. The molecule has 1 N–H and O–H groups in total. The van der Waals surface area contributed by atoms with Crippen LogP contribution in [0.2, 0.25) is 0 Å². The molecule has 0 heterocycles. The Hall–Kier alpha value is -3.49. The van der Waals surface area contributed by atoms with Gasteiger partial charge in [-0.05, 0) is 48.0 Å². The molecule has 148 valence electrons. The number of hydrogen-bond acceptors (Lipinski definition) is 5. The van der Waals surface area contributed by atoms with Gasteiger partial charge in [-0.3, -0.25) is 4.79 Å². The molecular formula is C19H16F3NO5. The molecule has 9 heteroatoms. The number of esters is 1. The van der Waals surface area contributed by atoms with E-state index in [-0.39, 0.29) is 5.75 Å². The van der Waals surface area contributed by atoms with Crippen molar-refractivity contribution in [2.24, 2.45) is 0 Å². The molecule has 0 saturated carbocycles. The molecular weight excluding hydrogens is 379 g/mol. The summed E-state index contributed by atoms with van der Waals surface area (Å²) in [7, 11) is 1.52. The third kappa shape index (κ3) is 7.40. The number of anilines is 1. The number of hydrogen-bond donors (Lipinski definition) is 1. The van der Waals surface area contributed by atoms with Crippen LogP contribution in [0.15, 0.2) is 54.6 Å². The van der Waals surface area contributed by atoms with Crippen LogP contribution < -0.4 is 14.8 Å². The van der Waals surface area contributed by atoms with Gasteiger partial charge >= 0.3 is 12.3 Å². The number of amides is 1. The second-order valence-corrected chi connectivity index (χ2v) is 5.33. The highest BCUT2D eigenvalue weighted by atomic mass is 19.4. The molecule has 6 nitrogen and oxygen atoms in total. The van der Waals surface area contributed by atoms with Crippen molar-refractivity contribution in [3.05, 3.63) is 60.2 Å². The first kappa shape index (κ1) is 20.8. The van der Waals surface area contributed by atoms with E-state index >= 15 is 0 Å². The van der Waals surface area contributed by atoms with Crippen molar-refractivity contribution in [2.75, 3.05) is 19.0 Å². The number of rotatable bonds is 7. The number of benzene rings is 2. The van der Waals surface area contributed by atoms with Crippen molar-refractivity contribution in [1.29, 1.82) is 0 Å². The molecule has 0 spiro atoms. The van der Waals surface area contributed by atoms with E-state index in [0.29, 0.717) is 17.0 Å². The Kier molecular flexibility index (Phi) is 7.02. The Labute approximate surface area is 158 Å². The average Bonchev–Trinajstić information content (AvgIpc) is 2.65. The van der Waals surface area contributed by atoms with E-state index in [2.05, 4.69) is 10.1 Å². The zero-order valence-corrected chi connectivity index (χ0v) is 14.7. The van der Waals surface area contributed by atoms with Crippen LogP contribution in [0.25, 0.3) is 6.08 Å². The summed E-state index contributed by atoms with van der Waals surface area (Å²) in [5.41, 5.74) is 0.965. The van der Waals surface area contributed by atoms with Crippen molar-refractivity contribution in [2.45, 2.75) is 6.36 Å². The molecule has 0 aliphatic heterocycles. The monoisotopic (exact) mass is 395 g/mol. The lowest BCUT2D eigenvalue weighted by molar-refractivity contribution is -0.274. The van der Waals surface area contributed by atoms with Crippen molar-refractivity contribution in [3.8, 4) is 11.5 Å². The summed E-state index contributed by atoms with van der Waals surface area (Å²) >= 11 is 0. The smallest absolute Gasteiger partial charge is 0.497 e. The quantitative estimate of drug-likeness (QED) is 0.570. The van der Waals surface area contributed by atoms with Crippen LogP contribution in [-0.2, 0) is 14.3 Å². The standard InChI is InChI=1S/C19H16F3NO5/c1-26-15-9-5-14(6-10-15)23-17(24)12-27-18(25)11-4-13-2-7-16(8-3-13)28-19(20,21)22/h2-11H,12H2,1H3,(H,23,24)/b11-4+. The maximum atomic E-state index is 12.1. The van der Waals surface area contributed by atoms with Gasteiger partial charge in [-0.1, -0.05) is 12.1 Å². The maximum Gasteiger partial charge on any atom is 0.573 e. The lowest BCUT2D eigenvalue weighted by Gasteiger charge is -2.08. The fraction of sp³-hybridized carbons (Fsp3) is 0.158. The zero-order valence-electron chi connectivity index (χ0n) is 14.7. The van der Waals surface area contributed by atoms with E-state index < -0.39 is 24.8 Å². The van der Waals surface area contributed by atoms with Crippen molar-refractivity contribution >= 4 is 23.6 Å². The van der Waals surface area contributed by atoms with Gasteiger partial charge in [0.05, 0.1) is 7.11 Å². The van der Waals surface area contributed by atoms with E-state index in [1.165, 1.54) is 25.3 Å². The minimum atomic E-state index is -4.77. The van der Waals surface area contributed by atoms with Gasteiger partial charge in [0.2, 0.25) is 0 Å². The highest BCUT2D eigenvalue weighted by molar-refractivity contribution is 5.94. The van der Waals surface area contributed by atoms with E-state index in [9.17, 15) is 22.8 Å². The minimum Gasteiger partial charge on any atom is -0.497 e. The lowest BCUT2D eigenvalue weighted by atomic mass is 10.2. The van der Waals surface area contributed by atoms with Gasteiger partial charge in [-0.15, -0.1) is 13.2 Å². The van der Waals surface area contributed by atoms with Gasteiger partial charge in [-0.25, -0.2) is 4.79 Å². The number of carbonyl (C=O) groups excluding carboxylic acids is 2. The molecule has 0 unspecified atom stereocenters. The first-order valence-corrected chi connectivity index (χ1v) is 7.90. The Morgan fingerprint density at radius 3 is 2.18 bits per heavy atom. The highest BCUT2D eigenvalue weighted by Gasteiger charge is 2.30. The summed E-state index contributed by atoms with van der Waals surface area (Å²) in [5, 5.41) is 2.55. The molecule has 2 rings (SSSR count). The van der Waals surface area contributed by atoms with E-state index in [1.807, 2.05) is 0 Å². The molecule has 0 saturated heterocycles. The van der Waals surface area contributed by atoms with Gasteiger partial charge in [0, 0.05) is 11.8 Å². The minimum absolute atomic E-state index is 0.373. The molecule has 0 aliphatic rings. The Balaban J connectivity index is 1.78. The Bertz CT molecular complexity index is 830. The summed E-state index contributed by atoms with van der Waals surface area (Å²) in [6.07, 6.45) is -2.38. The second-order valence-electron chi connectivity index (χ2n) is 5.33. The number of nitrogens with one attached hydrogen (secondary N) is 1. The molecule has 1 amide bonds. The number of alkyl halides is 3. The van der Waals surface area contributed by atoms with Crippen LogP contribution in [0.3, 0.4) is 0 Å². The molecule has 0 radical (unpaired) electrons. The van der Waals surface area contributed by atoms with Crippen molar-refractivity contribution < 1.29 is 37.0 Å². The van der Waals surface area contributed by atoms with Gasteiger partial charge in [0.1, 0.15) is 11.5 Å². The first-order chi connectivity index (χ1) is 13.2. The SMILES string of the molecule is COc1ccc(NC(=O)COC(=O)/C=C/c2ccc(OC(F)(F)F)cc2)cc1. The average molecular weight is 395 g/mol. The Morgan fingerprint density at radius 1 is 1.00 bits per heavy atom. The van der Waals surface area contributed by atoms with Crippen LogP contribution in [0.1, 0.15) is 5.56 Å². The molecule has 2 aromatic carbocycles. The zero-order chi connectivity index (χ0) is 20.6. The number of halogens is 3. The number of methoxy groups -OCH3 is 1. The van der Waals surface area contributed by atoms with Gasteiger partial charge in [0.25, 0.3) is 5.91 Å². The predicted molar refractivity (Wildman–Crippen MR) is 94.7 cm³/mol. The highest BCUT2D eigenvalue weighted by Crippen LogP contribution is 2.23. The Morgan fingerprint density at radius 2 is 1.61 bits per heavy atom. The summed E-state index contributed by atoms with van der Waals surface area (Å²) in [6.45, 7) is -0.492. The van der Waals surface area contributed by atoms with Gasteiger partial charge in [0.15, 0.2) is 6.61 Å². The third-order valence-corrected chi connectivity index (χ3v) is 3.24. The normalized spacial score (nSPS) is 11.1. The fourth-order valence-electron chi connectivity index (χ4n) is 2.00. The van der Waals surface area contributed by atoms with E-state index in [1.54, 1.807) is 24.3 Å². The van der Waals surface area contributed by atoms with Crippen LogP contribution in [0, 0.1) is 0 Å². The van der Waals surface area contributed by atoms with Gasteiger partial charge < -0.3 is 19.5 Å². The molecule has 2 aromatic rings. The second kappa shape index (κ2) is 9.45. The summed E-state index contributed by atoms with van der Waals surface area (Å²) in [5.74, 6) is -1.05. The first-order valence-electron chi connectivity index (χ1n) is 7.90. The van der Waals surface area contributed by atoms with Crippen LogP contribution in [0.4, 0.5) is 18.9 Å². The molecule has 0 bridgehead atoms.